The van der Waals surface area contributed by atoms with E-state index in [-0.39, 0.29) is 12.4 Å². The molecule has 0 bridgehead atoms. The van der Waals surface area contributed by atoms with E-state index in [9.17, 15) is 4.39 Å². The van der Waals surface area contributed by atoms with Crippen molar-refractivity contribution in [1.82, 2.24) is 15.4 Å². The highest BCUT2D eigenvalue weighted by Crippen LogP contribution is 2.25. The molecule has 0 aliphatic heterocycles. The zero-order valence-electron chi connectivity index (χ0n) is 12.3. The largest absolute Gasteiger partial charge is 0.486 e. The van der Waals surface area contributed by atoms with Crippen molar-refractivity contribution in [3.8, 4) is 17.0 Å². The predicted octanol–water partition coefficient (Wildman–Crippen LogP) is 3.88. The molecule has 0 saturated carbocycles. The monoisotopic (exact) mass is 332 g/mol. The Morgan fingerprint density at radius 1 is 1.22 bits per heavy atom. The molecule has 5 nitrogen and oxygen atoms in total. The van der Waals surface area contributed by atoms with Crippen molar-refractivity contribution < 1.29 is 9.13 Å². The average molecular weight is 333 g/mol. The second-order valence-corrected chi connectivity index (χ2v) is 5.27. The molecule has 2 aromatic carbocycles. The minimum Gasteiger partial charge on any atom is -0.486 e. The van der Waals surface area contributed by atoms with E-state index in [0.29, 0.717) is 16.5 Å². The molecule has 0 fully saturated rings. The smallest absolute Gasteiger partial charge is 0.176 e. The fourth-order valence-electron chi connectivity index (χ4n) is 2.17. The lowest BCUT2D eigenvalue weighted by Gasteiger charge is -2.08. The number of halogens is 2. The Morgan fingerprint density at radius 3 is 2.87 bits per heavy atom. The summed E-state index contributed by atoms with van der Waals surface area (Å²) in [6.07, 6.45) is 0. The molecule has 7 heteroatoms. The van der Waals surface area contributed by atoms with Gasteiger partial charge in [-0.05, 0) is 29.8 Å². The molecular formula is C16H14ClFN4O. The zero-order chi connectivity index (χ0) is 16.2. The Labute approximate surface area is 137 Å². The van der Waals surface area contributed by atoms with Crippen LogP contribution in [0.4, 0.5) is 10.2 Å². The predicted molar refractivity (Wildman–Crippen MR) is 87.1 cm³/mol. The molecule has 0 spiro atoms. The first-order chi connectivity index (χ1) is 11.2. The summed E-state index contributed by atoms with van der Waals surface area (Å²) in [5, 5.41) is 14.0. The van der Waals surface area contributed by atoms with Gasteiger partial charge in [-0.2, -0.15) is 10.3 Å². The third-order valence-corrected chi connectivity index (χ3v) is 3.51. The summed E-state index contributed by atoms with van der Waals surface area (Å²) < 4.78 is 19.2. The van der Waals surface area contributed by atoms with Crippen LogP contribution in [-0.2, 0) is 6.61 Å². The second-order valence-electron chi connectivity index (χ2n) is 4.83. The Morgan fingerprint density at radius 2 is 2.09 bits per heavy atom. The van der Waals surface area contributed by atoms with E-state index < -0.39 is 5.82 Å². The van der Waals surface area contributed by atoms with E-state index in [4.69, 9.17) is 16.3 Å². The minimum atomic E-state index is -0.484. The molecule has 0 aliphatic carbocycles. The summed E-state index contributed by atoms with van der Waals surface area (Å²) in [7, 11) is 1.78. The number of benzene rings is 2. The minimum absolute atomic E-state index is 0.164. The van der Waals surface area contributed by atoms with Crippen molar-refractivity contribution in [2.75, 3.05) is 12.4 Å². The van der Waals surface area contributed by atoms with Crippen molar-refractivity contribution in [1.29, 1.82) is 0 Å². The molecule has 0 amide bonds. The maximum absolute atomic E-state index is 13.7. The molecule has 1 aromatic heterocycles. The lowest BCUT2D eigenvalue weighted by atomic mass is 10.1. The van der Waals surface area contributed by atoms with Gasteiger partial charge in [0.2, 0.25) is 0 Å². The van der Waals surface area contributed by atoms with Crippen LogP contribution in [-0.4, -0.2) is 22.5 Å². The molecule has 0 saturated heterocycles. The number of aromatic nitrogens is 3. The zero-order valence-corrected chi connectivity index (χ0v) is 13.1. The Hall–Kier alpha value is -2.60. The maximum Gasteiger partial charge on any atom is 0.176 e. The lowest BCUT2D eigenvalue weighted by Crippen LogP contribution is -1.98. The summed E-state index contributed by atoms with van der Waals surface area (Å²) in [6.45, 7) is 0.235. The summed E-state index contributed by atoms with van der Waals surface area (Å²) >= 11 is 5.72. The van der Waals surface area contributed by atoms with Crippen LogP contribution < -0.4 is 10.1 Å². The van der Waals surface area contributed by atoms with Crippen LogP contribution in [0.2, 0.25) is 5.02 Å². The quantitative estimate of drug-likeness (QED) is 0.744. The standard InChI is InChI=1S/C16H14ClFN4O/c1-19-16-15(20-22-21-16)11-4-2-3-10(7-11)9-23-14-6-5-12(17)8-13(14)18/h2-8H,9H2,1H3,(H2,19,20,21,22). The number of H-pyrrole nitrogens is 1. The van der Waals surface area contributed by atoms with E-state index >= 15 is 0 Å². The van der Waals surface area contributed by atoms with Crippen molar-refractivity contribution in [2.45, 2.75) is 6.61 Å². The summed E-state index contributed by atoms with van der Waals surface area (Å²) in [4.78, 5) is 0. The number of anilines is 1. The third-order valence-electron chi connectivity index (χ3n) is 3.27. The van der Waals surface area contributed by atoms with Crippen LogP contribution in [0.15, 0.2) is 42.5 Å². The van der Waals surface area contributed by atoms with Crippen molar-refractivity contribution in [3.05, 3.63) is 58.9 Å². The van der Waals surface area contributed by atoms with E-state index in [0.717, 1.165) is 11.1 Å². The Bertz CT molecular complexity index is 821. The van der Waals surface area contributed by atoms with Crippen LogP contribution in [0, 0.1) is 5.82 Å². The third kappa shape index (κ3) is 3.43. The van der Waals surface area contributed by atoms with Gasteiger partial charge in [-0.1, -0.05) is 29.8 Å². The highest BCUT2D eigenvalue weighted by Gasteiger charge is 2.10. The maximum atomic E-state index is 13.7. The van der Waals surface area contributed by atoms with Gasteiger partial charge < -0.3 is 10.1 Å². The lowest BCUT2D eigenvalue weighted by molar-refractivity contribution is 0.290. The normalized spacial score (nSPS) is 10.6. The first-order valence-electron chi connectivity index (χ1n) is 6.93. The number of hydrogen-bond donors (Lipinski definition) is 2. The van der Waals surface area contributed by atoms with Gasteiger partial charge in [0.15, 0.2) is 17.4 Å². The number of nitrogens with zero attached hydrogens (tertiary/aromatic N) is 2. The molecule has 0 radical (unpaired) electrons. The van der Waals surface area contributed by atoms with Gasteiger partial charge in [0.05, 0.1) is 0 Å². The highest BCUT2D eigenvalue weighted by molar-refractivity contribution is 6.30. The van der Waals surface area contributed by atoms with Crippen LogP contribution in [0.25, 0.3) is 11.3 Å². The number of ether oxygens (including phenoxy) is 1. The van der Waals surface area contributed by atoms with E-state index in [2.05, 4.69) is 20.7 Å². The molecule has 0 atom stereocenters. The van der Waals surface area contributed by atoms with Gasteiger partial charge in [0, 0.05) is 17.6 Å². The van der Waals surface area contributed by atoms with Gasteiger partial charge in [0.1, 0.15) is 12.3 Å². The van der Waals surface area contributed by atoms with E-state index in [1.165, 1.54) is 12.1 Å². The van der Waals surface area contributed by atoms with E-state index in [1.807, 2.05) is 24.3 Å². The molecule has 1 heterocycles. The van der Waals surface area contributed by atoms with Crippen LogP contribution in [0.5, 0.6) is 5.75 Å². The summed E-state index contributed by atoms with van der Waals surface area (Å²) in [5.41, 5.74) is 2.50. The number of aromatic amines is 1. The molecule has 118 valence electrons. The molecule has 3 aromatic rings. The van der Waals surface area contributed by atoms with Crippen LogP contribution in [0.1, 0.15) is 5.56 Å². The highest BCUT2D eigenvalue weighted by atomic mass is 35.5. The molecule has 2 N–H and O–H groups in total. The second kappa shape index (κ2) is 6.66. The molecule has 0 aliphatic rings. The van der Waals surface area contributed by atoms with Gasteiger partial charge >= 0.3 is 0 Å². The molecule has 23 heavy (non-hydrogen) atoms. The number of nitrogens with one attached hydrogen (secondary N) is 2. The Kier molecular flexibility index (Phi) is 4.43. The summed E-state index contributed by atoms with van der Waals surface area (Å²) in [5.74, 6) is 0.339. The van der Waals surface area contributed by atoms with Gasteiger partial charge in [-0.3, -0.25) is 0 Å². The van der Waals surface area contributed by atoms with Gasteiger partial charge in [-0.25, -0.2) is 4.39 Å². The molecule has 0 unspecified atom stereocenters. The fourth-order valence-corrected chi connectivity index (χ4v) is 2.33. The van der Waals surface area contributed by atoms with Crippen molar-refractivity contribution >= 4 is 17.4 Å². The molecular weight excluding hydrogens is 319 g/mol. The van der Waals surface area contributed by atoms with E-state index in [1.54, 1.807) is 13.1 Å². The number of rotatable bonds is 5. The van der Waals surface area contributed by atoms with Crippen LogP contribution in [0.3, 0.4) is 0 Å². The SMILES string of the molecule is CNc1n[nH]nc1-c1cccc(COc2ccc(Cl)cc2F)c1. The first-order valence-corrected chi connectivity index (χ1v) is 7.31. The average Bonchev–Trinajstić information content (AvgIpc) is 3.03. The topological polar surface area (TPSA) is 62.8 Å². The fraction of sp³-hybridized carbons (Fsp3) is 0.125. The number of hydrogen-bond acceptors (Lipinski definition) is 4. The van der Waals surface area contributed by atoms with Crippen LogP contribution >= 0.6 is 11.6 Å². The summed E-state index contributed by atoms with van der Waals surface area (Å²) in [6, 6.07) is 12.0. The van der Waals surface area contributed by atoms with Crippen molar-refractivity contribution in [3.63, 3.8) is 0 Å². The van der Waals surface area contributed by atoms with Gasteiger partial charge in [0.25, 0.3) is 0 Å². The first kappa shape index (κ1) is 15.3. The Balaban J connectivity index is 1.78. The van der Waals surface area contributed by atoms with Crippen molar-refractivity contribution in [2.24, 2.45) is 0 Å². The molecule has 3 rings (SSSR count). The van der Waals surface area contributed by atoms with Gasteiger partial charge in [-0.15, -0.1) is 5.10 Å².